The summed E-state index contributed by atoms with van der Waals surface area (Å²) in [5.74, 6) is 1.82. The van der Waals surface area contributed by atoms with Crippen LogP contribution in [0.1, 0.15) is 33.1 Å². The van der Waals surface area contributed by atoms with Crippen LogP contribution in [-0.2, 0) is 0 Å². The van der Waals surface area contributed by atoms with Crippen molar-refractivity contribution in [2.75, 3.05) is 18.6 Å². The Hall–Kier alpha value is -1.18. The molecule has 1 fully saturated rings. The molecule has 2 heteroatoms. The Morgan fingerprint density at radius 3 is 2.47 bits per heavy atom. The SMILES string of the molecule is CCC[C@@H]1[C@H](CC)CN1c1ccc(OC)cc1. The fourth-order valence-corrected chi connectivity index (χ4v) is 2.79. The van der Waals surface area contributed by atoms with E-state index in [0.717, 1.165) is 17.7 Å². The van der Waals surface area contributed by atoms with Crippen LogP contribution < -0.4 is 9.64 Å². The van der Waals surface area contributed by atoms with Gasteiger partial charge in [-0.3, -0.25) is 0 Å². The molecule has 1 saturated heterocycles. The van der Waals surface area contributed by atoms with Crippen molar-refractivity contribution in [3.8, 4) is 5.75 Å². The third-order valence-corrected chi connectivity index (χ3v) is 3.89. The van der Waals surface area contributed by atoms with Gasteiger partial charge in [-0.1, -0.05) is 20.3 Å². The highest BCUT2D eigenvalue weighted by atomic mass is 16.5. The molecule has 0 saturated carbocycles. The number of rotatable bonds is 5. The number of methoxy groups -OCH3 is 1. The van der Waals surface area contributed by atoms with E-state index < -0.39 is 0 Å². The van der Waals surface area contributed by atoms with Crippen LogP contribution in [0.25, 0.3) is 0 Å². The summed E-state index contributed by atoms with van der Waals surface area (Å²) >= 11 is 0. The molecule has 1 aromatic rings. The fourth-order valence-electron chi connectivity index (χ4n) is 2.79. The molecule has 1 aliphatic rings. The van der Waals surface area contributed by atoms with E-state index in [4.69, 9.17) is 4.74 Å². The molecule has 17 heavy (non-hydrogen) atoms. The van der Waals surface area contributed by atoms with Gasteiger partial charge in [0.1, 0.15) is 5.75 Å². The minimum Gasteiger partial charge on any atom is -0.497 e. The molecule has 2 atom stereocenters. The first-order chi connectivity index (χ1) is 8.30. The molecule has 2 rings (SSSR count). The second-order valence-corrected chi connectivity index (χ2v) is 4.87. The van der Waals surface area contributed by atoms with E-state index in [1.807, 2.05) is 0 Å². The number of ether oxygens (including phenoxy) is 1. The van der Waals surface area contributed by atoms with E-state index in [9.17, 15) is 0 Å². The summed E-state index contributed by atoms with van der Waals surface area (Å²) in [5.41, 5.74) is 1.34. The summed E-state index contributed by atoms with van der Waals surface area (Å²) in [7, 11) is 1.71. The van der Waals surface area contributed by atoms with Crippen molar-refractivity contribution in [2.24, 2.45) is 5.92 Å². The van der Waals surface area contributed by atoms with E-state index >= 15 is 0 Å². The third kappa shape index (κ3) is 2.41. The normalized spacial score (nSPS) is 23.4. The van der Waals surface area contributed by atoms with E-state index in [-0.39, 0.29) is 0 Å². The summed E-state index contributed by atoms with van der Waals surface area (Å²) in [4.78, 5) is 2.54. The Bertz CT molecular complexity index is 346. The molecule has 0 aliphatic carbocycles. The van der Waals surface area contributed by atoms with Crippen molar-refractivity contribution in [3.05, 3.63) is 24.3 Å². The molecule has 1 aliphatic heterocycles. The highest BCUT2D eigenvalue weighted by molar-refractivity contribution is 5.52. The maximum absolute atomic E-state index is 5.20. The predicted octanol–water partition coefficient (Wildman–Crippen LogP) is 3.71. The van der Waals surface area contributed by atoms with Gasteiger partial charge in [0.25, 0.3) is 0 Å². The minimum atomic E-state index is 0.749. The maximum atomic E-state index is 5.20. The van der Waals surface area contributed by atoms with E-state index in [2.05, 4.69) is 43.0 Å². The van der Waals surface area contributed by atoms with Gasteiger partial charge < -0.3 is 9.64 Å². The lowest BCUT2D eigenvalue weighted by Gasteiger charge is -2.50. The van der Waals surface area contributed by atoms with Crippen LogP contribution in [0.3, 0.4) is 0 Å². The summed E-state index contributed by atoms with van der Waals surface area (Å²) < 4.78 is 5.20. The van der Waals surface area contributed by atoms with Gasteiger partial charge in [0, 0.05) is 18.3 Å². The Morgan fingerprint density at radius 2 is 1.94 bits per heavy atom. The molecular formula is C15H23NO. The summed E-state index contributed by atoms with van der Waals surface area (Å²) in [6.07, 6.45) is 3.88. The van der Waals surface area contributed by atoms with Crippen LogP contribution in [-0.4, -0.2) is 19.7 Å². The number of benzene rings is 1. The largest absolute Gasteiger partial charge is 0.497 e. The second-order valence-electron chi connectivity index (χ2n) is 4.87. The molecule has 0 aromatic heterocycles. The number of hydrogen-bond donors (Lipinski definition) is 0. The van der Waals surface area contributed by atoms with Crippen LogP contribution >= 0.6 is 0 Å². The van der Waals surface area contributed by atoms with Gasteiger partial charge in [-0.2, -0.15) is 0 Å². The highest BCUT2D eigenvalue weighted by Crippen LogP contribution is 2.36. The number of nitrogens with zero attached hydrogens (tertiary/aromatic N) is 1. The smallest absolute Gasteiger partial charge is 0.119 e. The topological polar surface area (TPSA) is 12.5 Å². The first kappa shape index (κ1) is 12.3. The summed E-state index contributed by atoms with van der Waals surface area (Å²) in [6, 6.07) is 9.20. The molecule has 1 aromatic carbocycles. The monoisotopic (exact) mass is 233 g/mol. The minimum absolute atomic E-state index is 0.749. The Kier molecular flexibility index (Phi) is 3.93. The molecule has 2 nitrogen and oxygen atoms in total. The van der Waals surface area contributed by atoms with E-state index in [1.54, 1.807) is 7.11 Å². The van der Waals surface area contributed by atoms with Gasteiger partial charge in [-0.15, -0.1) is 0 Å². The van der Waals surface area contributed by atoms with Gasteiger partial charge >= 0.3 is 0 Å². The second kappa shape index (κ2) is 5.44. The third-order valence-electron chi connectivity index (χ3n) is 3.89. The standard InChI is InChI=1S/C15H23NO/c1-4-6-15-12(5-2)11-16(15)13-7-9-14(17-3)10-8-13/h7-10,12,15H,4-6,11H2,1-3H3/t12-,15-/m1/s1. The van der Waals surface area contributed by atoms with Crippen molar-refractivity contribution in [1.82, 2.24) is 0 Å². The quantitative estimate of drug-likeness (QED) is 0.768. The zero-order valence-electron chi connectivity index (χ0n) is 11.1. The van der Waals surface area contributed by atoms with Crippen molar-refractivity contribution < 1.29 is 4.74 Å². The van der Waals surface area contributed by atoms with Crippen LogP contribution in [0.15, 0.2) is 24.3 Å². The predicted molar refractivity (Wildman–Crippen MR) is 72.8 cm³/mol. The summed E-state index contributed by atoms with van der Waals surface area (Å²) in [6.45, 7) is 5.80. The molecular weight excluding hydrogens is 210 g/mol. The van der Waals surface area contributed by atoms with Crippen LogP contribution in [0.2, 0.25) is 0 Å². The molecule has 0 N–H and O–H groups in total. The number of anilines is 1. The van der Waals surface area contributed by atoms with Crippen molar-refractivity contribution in [1.29, 1.82) is 0 Å². The van der Waals surface area contributed by atoms with Crippen molar-refractivity contribution >= 4 is 5.69 Å². The zero-order valence-corrected chi connectivity index (χ0v) is 11.1. The van der Waals surface area contributed by atoms with Crippen LogP contribution in [0.5, 0.6) is 5.75 Å². The van der Waals surface area contributed by atoms with Gasteiger partial charge in [0.15, 0.2) is 0 Å². The van der Waals surface area contributed by atoms with Gasteiger partial charge in [-0.25, -0.2) is 0 Å². The molecule has 0 unspecified atom stereocenters. The first-order valence-electron chi connectivity index (χ1n) is 6.70. The summed E-state index contributed by atoms with van der Waals surface area (Å²) in [5, 5.41) is 0. The van der Waals surface area contributed by atoms with E-state index in [0.29, 0.717) is 0 Å². The molecule has 94 valence electrons. The van der Waals surface area contributed by atoms with Crippen molar-refractivity contribution in [3.63, 3.8) is 0 Å². The molecule has 0 bridgehead atoms. The van der Waals surface area contributed by atoms with Crippen LogP contribution in [0.4, 0.5) is 5.69 Å². The Balaban J connectivity index is 2.06. The molecule has 0 spiro atoms. The van der Waals surface area contributed by atoms with Crippen LogP contribution in [0, 0.1) is 5.92 Å². The lowest BCUT2D eigenvalue weighted by molar-refractivity contribution is 0.268. The first-order valence-corrected chi connectivity index (χ1v) is 6.70. The van der Waals surface area contributed by atoms with Gasteiger partial charge in [0.05, 0.1) is 7.11 Å². The molecule has 0 amide bonds. The molecule has 0 radical (unpaired) electrons. The zero-order chi connectivity index (χ0) is 12.3. The highest BCUT2D eigenvalue weighted by Gasteiger charge is 2.36. The Labute approximate surface area is 105 Å². The van der Waals surface area contributed by atoms with Gasteiger partial charge in [-0.05, 0) is 43.0 Å². The fraction of sp³-hybridized carbons (Fsp3) is 0.600. The van der Waals surface area contributed by atoms with Gasteiger partial charge in [0.2, 0.25) is 0 Å². The average molecular weight is 233 g/mol. The Morgan fingerprint density at radius 1 is 1.24 bits per heavy atom. The lowest BCUT2D eigenvalue weighted by Crippen LogP contribution is -2.56. The average Bonchev–Trinajstić information content (AvgIpc) is 2.36. The lowest BCUT2D eigenvalue weighted by atomic mass is 9.83. The maximum Gasteiger partial charge on any atom is 0.119 e. The van der Waals surface area contributed by atoms with Crippen molar-refractivity contribution in [2.45, 2.75) is 39.2 Å². The van der Waals surface area contributed by atoms with E-state index in [1.165, 1.54) is 31.5 Å². The molecule has 1 heterocycles. The number of hydrogen-bond acceptors (Lipinski definition) is 2.